The van der Waals surface area contributed by atoms with Gasteiger partial charge in [-0.15, -0.1) is 0 Å². The summed E-state index contributed by atoms with van der Waals surface area (Å²) in [5.41, 5.74) is 7.72. The Labute approximate surface area is 200 Å². The van der Waals surface area contributed by atoms with Gasteiger partial charge in [-0.1, -0.05) is 109 Å². The molecule has 0 unspecified atom stereocenters. The predicted molar refractivity (Wildman–Crippen MR) is 140 cm³/mol. The van der Waals surface area contributed by atoms with E-state index in [1.165, 1.54) is 0 Å². The summed E-state index contributed by atoms with van der Waals surface area (Å²) in [5.74, 6) is 0. The summed E-state index contributed by atoms with van der Waals surface area (Å²) in [6.07, 6.45) is 8.40. The lowest BCUT2D eigenvalue weighted by Crippen LogP contribution is -1.89. The molecule has 0 saturated carbocycles. The van der Waals surface area contributed by atoms with E-state index in [1.807, 2.05) is 84.9 Å². The molecule has 0 amide bonds. The lowest BCUT2D eigenvalue weighted by Gasteiger charge is -2.11. The zero-order chi connectivity index (χ0) is 23.6. The van der Waals surface area contributed by atoms with Crippen molar-refractivity contribution in [1.29, 1.82) is 10.5 Å². The fourth-order valence-electron chi connectivity index (χ4n) is 3.62. The minimum Gasteiger partial charge on any atom is -0.192 e. The number of benzene rings is 4. The van der Waals surface area contributed by atoms with E-state index in [0.29, 0.717) is 11.1 Å². The molecule has 0 aliphatic rings. The summed E-state index contributed by atoms with van der Waals surface area (Å²) in [7, 11) is 0. The molecule has 4 rings (SSSR count). The van der Waals surface area contributed by atoms with Crippen LogP contribution in [-0.2, 0) is 0 Å². The number of nitriles is 2. The van der Waals surface area contributed by atoms with E-state index in [1.54, 1.807) is 0 Å². The molecule has 0 atom stereocenters. The fourth-order valence-corrected chi connectivity index (χ4v) is 3.62. The minimum absolute atomic E-state index is 0.645. The third-order valence-corrected chi connectivity index (χ3v) is 5.42. The van der Waals surface area contributed by atoms with Gasteiger partial charge in [0.25, 0.3) is 0 Å². The van der Waals surface area contributed by atoms with Crippen LogP contribution in [0.25, 0.3) is 23.3 Å². The summed E-state index contributed by atoms with van der Waals surface area (Å²) < 4.78 is 0. The van der Waals surface area contributed by atoms with Gasteiger partial charge in [0.05, 0.1) is 23.3 Å². The lowest BCUT2D eigenvalue weighted by molar-refractivity contribution is 1.48. The molecule has 0 radical (unpaired) electrons. The van der Waals surface area contributed by atoms with Gasteiger partial charge in [-0.3, -0.25) is 0 Å². The van der Waals surface area contributed by atoms with Crippen LogP contribution in [0.4, 0.5) is 0 Å². The van der Waals surface area contributed by atoms with Crippen molar-refractivity contribution in [3.8, 4) is 12.1 Å². The Kier molecular flexibility index (Phi) is 7.27. The molecule has 0 heterocycles. The summed E-state index contributed by atoms with van der Waals surface area (Å²) in [6, 6.07) is 40.1. The van der Waals surface area contributed by atoms with Gasteiger partial charge < -0.3 is 0 Å². The summed E-state index contributed by atoms with van der Waals surface area (Å²) in [5, 5.41) is 18.2. The van der Waals surface area contributed by atoms with Gasteiger partial charge in [-0.2, -0.15) is 10.5 Å². The summed E-state index contributed by atoms with van der Waals surface area (Å²) in [6.45, 7) is 0. The molecule has 0 saturated heterocycles. The quantitative estimate of drug-likeness (QED) is 0.230. The van der Waals surface area contributed by atoms with Gasteiger partial charge in [0.1, 0.15) is 0 Å². The van der Waals surface area contributed by atoms with E-state index in [0.717, 1.165) is 33.4 Å². The zero-order valence-electron chi connectivity index (χ0n) is 18.6. The first kappa shape index (κ1) is 22.3. The summed E-state index contributed by atoms with van der Waals surface area (Å²) in [4.78, 5) is 0. The van der Waals surface area contributed by atoms with Crippen molar-refractivity contribution in [2.24, 2.45) is 0 Å². The Morgan fingerprint density at radius 3 is 1.15 bits per heavy atom. The van der Waals surface area contributed by atoms with Crippen LogP contribution in [0.1, 0.15) is 33.4 Å². The van der Waals surface area contributed by atoms with Crippen molar-refractivity contribution in [2.75, 3.05) is 0 Å². The van der Waals surface area contributed by atoms with Crippen molar-refractivity contribution in [3.05, 3.63) is 155 Å². The van der Waals surface area contributed by atoms with Crippen molar-refractivity contribution in [2.45, 2.75) is 0 Å². The smallest absolute Gasteiger partial charge is 0.0991 e. The molecule has 4 aromatic carbocycles. The van der Waals surface area contributed by atoms with Gasteiger partial charge >= 0.3 is 0 Å². The highest BCUT2D eigenvalue weighted by Crippen LogP contribution is 2.30. The Hall–Kier alpha value is -4.92. The topological polar surface area (TPSA) is 47.6 Å². The highest BCUT2D eigenvalue weighted by atomic mass is 14.2. The first-order valence-electron chi connectivity index (χ1n) is 11.0. The van der Waals surface area contributed by atoms with Crippen LogP contribution in [0.3, 0.4) is 0 Å². The molecule has 2 heteroatoms. The highest BCUT2D eigenvalue weighted by Gasteiger charge is 2.08. The fraction of sp³-hybridized carbons (Fsp3) is 0. The van der Waals surface area contributed by atoms with Crippen molar-refractivity contribution in [3.63, 3.8) is 0 Å². The molecular formula is C32H22N2. The minimum atomic E-state index is 0.645. The maximum Gasteiger partial charge on any atom is 0.0991 e. The monoisotopic (exact) mass is 434 g/mol. The van der Waals surface area contributed by atoms with Crippen LogP contribution in [0.15, 0.2) is 121 Å². The maximum absolute atomic E-state index is 9.08. The van der Waals surface area contributed by atoms with E-state index in [2.05, 4.69) is 60.7 Å². The highest BCUT2D eigenvalue weighted by molar-refractivity contribution is 6.02. The Bertz CT molecular complexity index is 1300. The van der Waals surface area contributed by atoms with Crippen LogP contribution in [0, 0.1) is 22.7 Å². The average molecular weight is 435 g/mol. The van der Waals surface area contributed by atoms with E-state index >= 15 is 0 Å². The van der Waals surface area contributed by atoms with E-state index in [-0.39, 0.29) is 0 Å². The Morgan fingerprint density at radius 1 is 0.471 bits per heavy atom. The van der Waals surface area contributed by atoms with Gasteiger partial charge in [-0.05, 0) is 57.7 Å². The second-order valence-corrected chi connectivity index (χ2v) is 7.69. The van der Waals surface area contributed by atoms with Crippen LogP contribution in [0.2, 0.25) is 0 Å². The molecule has 4 aromatic rings. The van der Waals surface area contributed by atoms with Crippen molar-refractivity contribution >= 4 is 23.3 Å². The number of nitrogens with zero attached hydrogens (tertiary/aromatic N) is 2. The normalized spacial score (nSPS) is 11.7. The molecule has 2 nitrogen and oxygen atoms in total. The van der Waals surface area contributed by atoms with Crippen LogP contribution in [-0.4, -0.2) is 0 Å². The molecule has 0 spiro atoms. The number of rotatable bonds is 6. The van der Waals surface area contributed by atoms with Crippen LogP contribution < -0.4 is 0 Å². The van der Waals surface area contributed by atoms with Crippen molar-refractivity contribution in [1.82, 2.24) is 0 Å². The van der Waals surface area contributed by atoms with E-state index < -0.39 is 0 Å². The number of hydrogen-bond acceptors (Lipinski definition) is 2. The van der Waals surface area contributed by atoms with E-state index in [9.17, 15) is 0 Å². The van der Waals surface area contributed by atoms with Crippen LogP contribution >= 0.6 is 0 Å². The summed E-state index contributed by atoms with van der Waals surface area (Å²) >= 11 is 0. The second-order valence-electron chi connectivity index (χ2n) is 7.69. The third-order valence-electron chi connectivity index (χ3n) is 5.42. The van der Waals surface area contributed by atoms with Gasteiger partial charge in [0.2, 0.25) is 0 Å². The first-order chi connectivity index (χ1) is 16.8. The largest absolute Gasteiger partial charge is 0.192 e. The SMILES string of the molecule is N#Cc1ccc(/C=C/C(=C(/C=C/c2ccc(C#N)cc2)c2ccccc2)c2ccccc2)cc1. The average Bonchev–Trinajstić information content (AvgIpc) is 2.92. The molecule has 0 bridgehead atoms. The van der Waals surface area contributed by atoms with Crippen molar-refractivity contribution < 1.29 is 0 Å². The third kappa shape index (κ3) is 5.65. The Morgan fingerprint density at radius 2 is 0.824 bits per heavy atom. The zero-order valence-corrected chi connectivity index (χ0v) is 18.6. The Balaban J connectivity index is 1.84. The molecule has 160 valence electrons. The standard InChI is InChI=1S/C32H22N2/c33-23-27-15-11-25(12-16-27)19-21-31(29-7-3-1-4-8-29)32(30-9-5-2-6-10-30)22-20-26-13-17-28(24-34)18-14-26/h1-22H/b21-19+,22-20+,32-31+. The molecular weight excluding hydrogens is 412 g/mol. The molecule has 0 aromatic heterocycles. The molecule has 0 aliphatic carbocycles. The van der Waals surface area contributed by atoms with Crippen LogP contribution in [0.5, 0.6) is 0 Å². The van der Waals surface area contributed by atoms with E-state index in [4.69, 9.17) is 10.5 Å². The van der Waals surface area contributed by atoms with Gasteiger partial charge in [0, 0.05) is 0 Å². The second kappa shape index (κ2) is 11.1. The van der Waals surface area contributed by atoms with Gasteiger partial charge in [0.15, 0.2) is 0 Å². The predicted octanol–water partition coefficient (Wildman–Crippen LogP) is 7.77. The molecule has 34 heavy (non-hydrogen) atoms. The molecule has 0 aliphatic heterocycles. The molecule has 0 N–H and O–H groups in total. The van der Waals surface area contributed by atoms with Gasteiger partial charge in [-0.25, -0.2) is 0 Å². The lowest BCUT2D eigenvalue weighted by atomic mass is 9.93. The number of hydrogen-bond donors (Lipinski definition) is 0. The number of allylic oxidation sites excluding steroid dienone is 4. The maximum atomic E-state index is 9.08. The first-order valence-corrected chi connectivity index (χ1v) is 11.0. The molecule has 0 fully saturated rings.